The normalized spacial score (nSPS) is 18.3. The van der Waals surface area contributed by atoms with Gasteiger partial charge in [-0.05, 0) is 31.9 Å². The van der Waals surface area contributed by atoms with Crippen LogP contribution in [0.2, 0.25) is 0 Å². The van der Waals surface area contributed by atoms with Gasteiger partial charge < -0.3 is 9.64 Å². The van der Waals surface area contributed by atoms with E-state index in [1.54, 1.807) is 43.0 Å². The van der Waals surface area contributed by atoms with E-state index in [-0.39, 0.29) is 18.5 Å². The quantitative estimate of drug-likeness (QED) is 0.568. The Kier molecular flexibility index (Phi) is 4.80. The zero-order valence-corrected chi connectivity index (χ0v) is 15.1. The minimum absolute atomic E-state index is 0.0484. The van der Waals surface area contributed by atoms with E-state index in [1.807, 2.05) is 0 Å². The highest BCUT2D eigenvalue weighted by Gasteiger charge is 2.44. The van der Waals surface area contributed by atoms with Crippen LogP contribution in [0.15, 0.2) is 24.3 Å². The van der Waals surface area contributed by atoms with Crippen LogP contribution in [0.5, 0.6) is 0 Å². The van der Waals surface area contributed by atoms with Crippen LogP contribution in [-0.2, 0) is 14.3 Å². The van der Waals surface area contributed by atoms with Crippen LogP contribution in [0.4, 0.5) is 0 Å². The Hall–Kier alpha value is -2.70. The zero-order valence-electron chi connectivity index (χ0n) is 15.1. The van der Waals surface area contributed by atoms with Crippen molar-refractivity contribution in [3.05, 3.63) is 35.4 Å². The molecule has 138 valence electrons. The largest absolute Gasteiger partial charge is 0.469 e. The molecule has 1 aromatic rings. The van der Waals surface area contributed by atoms with Crippen molar-refractivity contribution in [3.63, 3.8) is 0 Å². The number of hydrogen-bond acceptors (Lipinski definition) is 5. The number of carbonyl (C=O) groups is 4. The second kappa shape index (κ2) is 6.90. The lowest BCUT2D eigenvalue weighted by atomic mass is 10.1. The molecule has 26 heavy (non-hydrogen) atoms. The first kappa shape index (κ1) is 18.1. The average Bonchev–Trinajstić information content (AvgIpc) is 3.45. The van der Waals surface area contributed by atoms with Crippen LogP contribution in [0, 0.1) is 5.92 Å². The lowest BCUT2D eigenvalue weighted by Crippen LogP contribution is -2.51. The first-order valence-electron chi connectivity index (χ1n) is 8.72. The lowest BCUT2D eigenvalue weighted by molar-refractivity contribution is -0.147. The van der Waals surface area contributed by atoms with Crippen LogP contribution in [0.1, 0.15) is 47.4 Å². The van der Waals surface area contributed by atoms with Gasteiger partial charge in [-0.25, -0.2) is 0 Å². The maximum Gasteiger partial charge on any atom is 0.310 e. The molecule has 1 aliphatic carbocycles. The summed E-state index contributed by atoms with van der Waals surface area (Å²) in [5.41, 5.74) is 0.635. The number of esters is 1. The number of benzene rings is 1. The van der Waals surface area contributed by atoms with Gasteiger partial charge in [0, 0.05) is 12.6 Å². The van der Waals surface area contributed by atoms with Crippen LogP contribution >= 0.6 is 0 Å². The molecule has 2 atom stereocenters. The number of hydrogen-bond donors (Lipinski definition) is 0. The van der Waals surface area contributed by atoms with E-state index in [0.29, 0.717) is 11.1 Å². The van der Waals surface area contributed by atoms with Gasteiger partial charge in [0.25, 0.3) is 11.8 Å². The summed E-state index contributed by atoms with van der Waals surface area (Å²) in [6.07, 6.45) is 1.71. The Morgan fingerprint density at radius 2 is 1.69 bits per heavy atom. The van der Waals surface area contributed by atoms with E-state index in [0.717, 1.165) is 17.7 Å². The van der Waals surface area contributed by atoms with Gasteiger partial charge >= 0.3 is 5.97 Å². The van der Waals surface area contributed by atoms with Gasteiger partial charge in [-0.1, -0.05) is 19.1 Å². The van der Waals surface area contributed by atoms with Crippen molar-refractivity contribution in [2.45, 2.75) is 38.8 Å². The number of rotatable bonds is 6. The van der Waals surface area contributed by atoms with E-state index in [2.05, 4.69) is 0 Å². The molecule has 1 fully saturated rings. The Bertz CT molecular complexity index is 736. The number of imide groups is 1. The molecule has 0 saturated heterocycles. The molecule has 3 rings (SSSR count). The van der Waals surface area contributed by atoms with Gasteiger partial charge in [0.15, 0.2) is 0 Å². The number of carbonyl (C=O) groups excluding carboxylic acids is 4. The fourth-order valence-electron chi connectivity index (χ4n) is 3.29. The molecule has 2 unspecified atom stereocenters. The van der Waals surface area contributed by atoms with Crippen LogP contribution in [-0.4, -0.2) is 59.2 Å². The number of nitrogens with zero attached hydrogens (tertiary/aromatic N) is 2. The molecule has 1 heterocycles. The molecular weight excluding hydrogens is 336 g/mol. The second-order valence-corrected chi connectivity index (χ2v) is 6.85. The number of ether oxygens (including phenoxy) is 1. The number of fused-ring (bicyclic) bond motifs is 1. The number of amides is 3. The Morgan fingerprint density at radius 3 is 2.15 bits per heavy atom. The summed E-state index contributed by atoms with van der Waals surface area (Å²) in [5, 5.41) is 0. The standard InChI is InChI=1S/C19H22N2O5/c1-11(19(25)26-3)10-20(13-8-9-13)16(22)12(2)21-17(23)14-6-4-5-7-15(14)18(21)24/h4-7,11-13H,8-10H2,1-3H3. The minimum atomic E-state index is -0.923. The molecule has 0 N–H and O–H groups in total. The fraction of sp³-hybridized carbons (Fsp3) is 0.474. The molecule has 0 bridgehead atoms. The van der Waals surface area contributed by atoms with E-state index >= 15 is 0 Å². The lowest BCUT2D eigenvalue weighted by Gasteiger charge is -2.30. The molecule has 3 amide bonds. The second-order valence-electron chi connectivity index (χ2n) is 6.85. The van der Waals surface area contributed by atoms with Gasteiger partial charge in [0.2, 0.25) is 5.91 Å². The maximum absolute atomic E-state index is 13.0. The molecule has 7 nitrogen and oxygen atoms in total. The van der Waals surface area contributed by atoms with Crippen molar-refractivity contribution in [2.24, 2.45) is 5.92 Å². The van der Waals surface area contributed by atoms with Crippen molar-refractivity contribution in [3.8, 4) is 0 Å². The van der Waals surface area contributed by atoms with E-state index in [1.165, 1.54) is 7.11 Å². The van der Waals surface area contributed by atoms with Crippen molar-refractivity contribution in [1.29, 1.82) is 0 Å². The summed E-state index contributed by atoms with van der Waals surface area (Å²) in [5.74, 6) is -2.10. The summed E-state index contributed by atoms with van der Waals surface area (Å²) in [4.78, 5) is 52.6. The van der Waals surface area contributed by atoms with Gasteiger partial charge in [-0.2, -0.15) is 0 Å². The average molecular weight is 358 g/mol. The van der Waals surface area contributed by atoms with Gasteiger partial charge in [0.1, 0.15) is 6.04 Å². The zero-order chi connectivity index (χ0) is 19.0. The molecule has 0 radical (unpaired) electrons. The van der Waals surface area contributed by atoms with Crippen LogP contribution in [0.3, 0.4) is 0 Å². The van der Waals surface area contributed by atoms with Crippen LogP contribution < -0.4 is 0 Å². The van der Waals surface area contributed by atoms with Gasteiger partial charge in [-0.3, -0.25) is 24.1 Å². The predicted octanol–water partition coefficient (Wildman–Crippen LogP) is 1.47. The summed E-state index contributed by atoms with van der Waals surface area (Å²) in [6.45, 7) is 3.47. The highest BCUT2D eigenvalue weighted by atomic mass is 16.5. The van der Waals surface area contributed by atoms with Gasteiger partial charge in [0.05, 0.1) is 24.2 Å². The van der Waals surface area contributed by atoms with E-state index in [9.17, 15) is 19.2 Å². The Labute approximate surface area is 151 Å². The molecule has 7 heteroatoms. The molecule has 2 aliphatic rings. The molecule has 1 saturated carbocycles. The van der Waals surface area contributed by atoms with Gasteiger partial charge in [-0.15, -0.1) is 0 Å². The Balaban J connectivity index is 1.79. The number of methoxy groups -OCH3 is 1. The Morgan fingerprint density at radius 1 is 1.15 bits per heavy atom. The molecule has 0 aromatic heterocycles. The molecule has 1 aromatic carbocycles. The smallest absolute Gasteiger partial charge is 0.310 e. The molecule has 0 spiro atoms. The fourth-order valence-corrected chi connectivity index (χ4v) is 3.29. The van der Waals surface area contributed by atoms with Crippen molar-refractivity contribution in [1.82, 2.24) is 9.80 Å². The maximum atomic E-state index is 13.0. The summed E-state index contributed by atoms with van der Waals surface area (Å²) >= 11 is 0. The van der Waals surface area contributed by atoms with Crippen molar-refractivity contribution >= 4 is 23.7 Å². The summed E-state index contributed by atoms with van der Waals surface area (Å²) in [6, 6.07) is 5.68. The van der Waals surface area contributed by atoms with E-state index < -0.39 is 29.7 Å². The third kappa shape index (κ3) is 3.09. The minimum Gasteiger partial charge on any atom is -0.469 e. The first-order valence-corrected chi connectivity index (χ1v) is 8.72. The topological polar surface area (TPSA) is 84.0 Å². The van der Waals surface area contributed by atoms with Crippen molar-refractivity contribution in [2.75, 3.05) is 13.7 Å². The third-order valence-corrected chi connectivity index (χ3v) is 4.92. The first-order chi connectivity index (χ1) is 12.4. The summed E-state index contributed by atoms with van der Waals surface area (Å²) in [7, 11) is 1.31. The highest BCUT2D eigenvalue weighted by Crippen LogP contribution is 2.31. The summed E-state index contributed by atoms with van der Waals surface area (Å²) < 4.78 is 4.73. The van der Waals surface area contributed by atoms with Crippen molar-refractivity contribution < 1.29 is 23.9 Å². The van der Waals surface area contributed by atoms with E-state index in [4.69, 9.17) is 4.74 Å². The molecule has 1 aliphatic heterocycles. The molecular formula is C19H22N2O5. The SMILES string of the molecule is COC(=O)C(C)CN(C(=O)C(C)N1C(=O)c2ccccc2C1=O)C1CC1. The van der Waals surface area contributed by atoms with Crippen LogP contribution in [0.25, 0.3) is 0 Å². The monoisotopic (exact) mass is 358 g/mol. The third-order valence-electron chi connectivity index (χ3n) is 4.92. The highest BCUT2D eigenvalue weighted by molar-refractivity contribution is 6.22. The predicted molar refractivity (Wildman–Crippen MR) is 92.3 cm³/mol.